The highest BCUT2D eigenvalue weighted by atomic mass is 16.6. The van der Waals surface area contributed by atoms with E-state index in [0.717, 1.165) is 148 Å². The topological polar surface area (TPSA) is 78.9 Å². The first-order chi connectivity index (χ1) is 37.0. The van der Waals surface area contributed by atoms with E-state index in [4.69, 9.17) is 14.2 Å². The van der Waals surface area contributed by atoms with Crippen molar-refractivity contribution >= 4 is 17.9 Å². The Morgan fingerprint density at radius 1 is 0.280 bits per heavy atom. The maximum absolute atomic E-state index is 12.9. The molecule has 0 amide bonds. The van der Waals surface area contributed by atoms with E-state index in [1.54, 1.807) is 0 Å². The van der Waals surface area contributed by atoms with Crippen LogP contribution in [0, 0.1) is 0 Å². The van der Waals surface area contributed by atoms with Gasteiger partial charge in [0.25, 0.3) is 0 Å². The quantitative estimate of drug-likeness (QED) is 0.0261. The summed E-state index contributed by atoms with van der Waals surface area (Å²) in [7, 11) is 0. The highest BCUT2D eigenvalue weighted by Gasteiger charge is 2.19. The van der Waals surface area contributed by atoms with E-state index in [9.17, 15) is 14.4 Å². The average molecular weight is 1040 g/mol. The summed E-state index contributed by atoms with van der Waals surface area (Å²) >= 11 is 0. The maximum atomic E-state index is 12.9. The Balaban J connectivity index is 4.29. The average Bonchev–Trinajstić information content (AvgIpc) is 3.41. The lowest BCUT2D eigenvalue weighted by Crippen LogP contribution is -2.30. The Morgan fingerprint density at radius 2 is 0.520 bits per heavy atom. The van der Waals surface area contributed by atoms with Crippen LogP contribution in [0.15, 0.2) is 134 Å². The largest absolute Gasteiger partial charge is 0.462 e. The van der Waals surface area contributed by atoms with Crippen molar-refractivity contribution in [1.29, 1.82) is 0 Å². The van der Waals surface area contributed by atoms with Gasteiger partial charge in [0.1, 0.15) is 13.2 Å². The molecule has 0 saturated heterocycles. The van der Waals surface area contributed by atoms with E-state index in [-0.39, 0.29) is 31.1 Å². The zero-order chi connectivity index (χ0) is 54.3. The fourth-order valence-electron chi connectivity index (χ4n) is 8.12. The summed E-state index contributed by atoms with van der Waals surface area (Å²) < 4.78 is 16.8. The van der Waals surface area contributed by atoms with Crippen molar-refractivity contribution in [3.05, 3.63) is 134 Å². The molecule has 0 aliphatic carbocycles. The van der Waals surface area contributed by atoms with Gasteiger partial charge < -0.3 is 14.2 Å². The molecule has 0 aliphatic heterocycles. The zero-order valence-electron chi connectivity index (χ0n) is 48.5. The number of carbonyl (C=O) groups is 3. The minimum absolute atomic E-state index is 0.0895. The first-order valence-electron chi connectivity index (χ1n) is 30.7. The lowest BCUT2D eigenvalue weighted by atomic mass is 10.1. The van der Waals surface area contributed by atoms with Crippen LogP contribution in [0.5, 0.6) is 0 Å². The minimum Gasteiger partial charge on any atom is -0.462 e. The Morgan fingerprint density at radius 3 is 0.813 bits per heavy atom. The minimum atomic E-state index is -0.793. The van der Waals surface area contributed by atoms with Crippen LogP contribution in [-0.4, -0.2) is 37.2 Å². The predicted molar refractivity (Wildman–Crippen MR) is 325 cm³/mol. The molecule has 75 heavy (non-hydrogen) atoms. The molecular weight excluding hydrogens is 925 g/mol. The number of rotatable bonds is 54. The number of carbonyl (C=O) groups excluding carboxylic acids is 3. The van der Waals surface area contributed by atoms with E-state index >= 15 is 0 Å². The van der Waals surface area contributed by atoms with Crippen molar-refractivity contribution in [2.24, 2.45) is 0 Å². The first-order valence-corrected chi connectivity index (χ1v) is 30.7. The summed E-state index contributed by atoms with van der Waals surface area (Å²) in [6.07, 6.45) is 87.4. The number of esters is 3. The molecule has 0 heterocycles. The van der Waals surface area contributed by atoms with Gasteiger partial charge in [-0.15, -0.1) is 0 Å². The molecule has 0 bridgehead atoms. The zero-order valence-corrected chi connectivity index (χ0v) is 48.5. The van der Waals surface area contributed by atoms with Gasteiger partial charge in [-0.2, -0.15) is 0 Å². The normalized spacial score (nSPS) is 13.1. The molecule has 0 spiro atoms. The monoisotopic (exact) mass is 1040 g/mol. The summed E-state index contributed by atoms with van der Waals surface area (Å²) in [6, 6.07) is 0. The molecule has 0 N–H and O–H groups in total. The van der Waals surface area contributed by atoms with Gasteiger partial charge in [-0.25, -0.2) is 0 Å². The van der Waals surface area contributed by atoms with E-state index < -0.39 is 6.10 Å². The third-order valence-electron chi connectivity index (χ3n) is 12.7. The van der Waals surface area contributed by atoms with Gasteiger partial charge in [0, 0.05) is 19.3 Å². The van der Waals surface area contributed by atoms with Gasteiger partial charge in [-0.05, 0) is 116 Å². The van der Waals surface area contributed by atoms with Crippen LogP contribution in [0.3, 0.4) is 0 Å². The highest BCUT2D eigenvalue weighted by Crippen LogP contribution is 2.15. The Labute approximate surface area is 462 Å². The lowest BCUT2D eigenvalue weighted by Gasteiger charge is -2.18. The molecule has 1 atom stereocenters. The maximum Gasteiger partial charge on any atom is 0.306 e. The molecule has 0 radical (unpaired) electrons. The van der Waals surface area contributed by atoms with Crippen LogP contribution in [0.25, 0.3) is 0 Å². The summed E-state index contributed by atoms with van der Waals surface area (Å²) in [6.45, 7) is 6.37. The van der Waals surface area contributed by atoms with Crippen molar-refractivity contribution in [2.75, 3.05) is 13.2 Å². The van der Waals surface area contributed by atoms with Crippen LogP contribution in [-0.2, 0) is 28.6 Å². The smallest absolute Gasteiger partial charge is 0.306 e. The summed E-state index contributed by atoms with van der Waals surface area (Å²) in [4.78, 5) is 38.1. The second-order valence-electron chi connectivity index (χ2n) is 19.9. The fourth-order valence-corrected chi connectivity index (χ4v) is 8.12. The van der Waals surface area contributed by atoms with Crippen molar-refractivity contribution in [3.63, 3.8) is 0 Å². The third kappa shape index (κ3) is 60.3. The number of hydrogen-bond donors (Lipinski definition) is 0. The standard InChI is InChI=1S/C69H112O6/c1-4-7-10-13-16-19-21-23-25-27-29-30-31-32-33-34-35-36-37-38-40-41-43-45-47-50-53-56-59-62-68(71)74-65-66(64-73-67(70)61-58-55-52-49-18-15-12-9-6-3)75-69(72)63-60-57-54-51-48-46-44-42-39-28-26-24-22-20-17-14-11-8-5-2/h7-8,10-11,16-17,19-20,23-26,29-30,32-33,35-36,38-40,42,66H,4-6,9,12-15,18,21-22,27-28,31,34,37,41,43-65H2,1-3H3/b10-7-,11-8-,19-16-,20-17-,25-23-,26-24-,30-29-,33-32-,36-35-,40-38-,42-39-. The van der Waals surface area contributed by atoms with Crippen molar-refractivity contribution in [3.8, 4) is 0 Å². The second-order valence-corrected chi connectivity index (χ2v) is 19.9. The van der Waals surface area contributed by atoms with Crippen LogP contribution < -0.4 is 0 Å². The van der Waals surface area contributed by atoms with Gasteiger partial charge in [-0.3, -0.25) is 14.4 Å². The number of ether oxygens (including phenoxy) is 3. The lowest BCUT2D eigenvalue weighted by molar-refractivity contribution is -0.167. The first kappa shape index (κ1) is 70.5. The predicted octanol–water partition coefficient (Wildman–Crippen LogP) is 21.0. The molecule has 0 saturated carbocycles. The SMILES string of the molecule is CC/C=C\C/C=C\C/C=C\C/C=C\C/C=C\C/C=C\C/C=C\CCCCCCCCCC(=O)OCC(COC(=O)CCCCCCCCCCC)OC(=O)CCCCCCCC/C=C\C/C=C\C/C=C\C/C=C\CC. The Kier molecular flexibility index (Phi) is 58.4. The van der Waals surface area contributed by atoms with Gasteiger partial charge in [0.15, 0.2) is 6.10 Å². The van der Waals surface area contributed by atoms with Gasteiger partial charge in [-0.1, -0.05) is 264 Å². The summed E-state index contributed by atoms with van der Waals surface area (Å²) in [5, 5.41) is 0. The molecule has 6 nitrogen and oxygen atoms in total. The molecule has 1 unspecified atom stereocenters. The van der Waals surface area contributed by atoms with Gasteiger partial charge in [0.05, 0.1) is 0 Å². The van der Waals surface area contributed by atoms with Crippen molar-refractivity contribution < 1.29 is 28.6 Å². The molecular formula is C69H112O6. The molecule has 0 aromatic rings. The van der Waals surface area contributed by atoms with E-state index in [1.165, 1.54) is 77.0 Å². The Hall–Kier alpha value is -4.45. The molecule has 424 valence electrons. The van der Waals surface area contributed by atoms with Crippen molar-refractivity contribution in [2.45, 2.75) is 271 Å². The van der Waals surface area contributed by atoms with E-state index in [2.05, 4.69) is 154 Å². The van der Waals surface area contributed by atoms with Crippen molar-refractivity contribution in [1.82, 2.24) is 0 Å². The molecule has 0 rings (SSSR count). The second kappa shape index (κ2) is 62.1. The fraction of sp³-hybridized carbons (Fsp3) is 0.638. The van der Waals surface area contributed by atoms with E-state index in [1.807, 2.05) is 0 Å². The highest BCUT2D eigenvalue weighted by molar-refractivity contribution is 5.71. The summed E-state index contributed by atoms with van der Waals surface area (Å²) in [5.74, 6) is -0.919. The van der Waals surface area contributed by atoms with Crippen LogP contribution in [0.1, 0.15) is 265 Å². The number of allylic oxidation sites excluding steroid dienone is 22. The molecule has 0 fully saturated rings. The third-order valence-corrected chi connectivity index (χ3v) is 12.7. The van der Waals surface area contributed by atoms with Crippen LogP contribution in [0.2, 0.25) is 0 Å². The molecule has 0 aromatic carbocycles. The number of unbranched alkanes of at least 4 members (excludes halogenated alkanes) is 21. The number of hydrogen-bond acceptors (Lipinski definition) is 6. The van der Waals surface area contributed by atoms with Gasteiger partial charge >= 0.3 is 17.9 Å². The van der Waals surface area contributed by atoms with E-state index in [0.29, 0.717) is 19.3 Å². The molecule has 0 aliphatic rings. The van der Waals surface area contributed by atoms with Gasteiger partial charge in [0.2, 0.25) is 0 Å². The summed E-state index contributed by atoms with van der Waals surface area (Å²) in [5.41, 5.74) is 0. The Bertz CT molecular complexity index is 1620. The van der Waals surface area contributed by atoms with Crippen LogP contribution in [0.4, 0.5) is 0 Å². The molecule has 0 aromatic heterocycles. The molecule has 6 heteroatoms. The van der Waals surface area contributed by atoms with Crippen LogP contribution >= 0.6 is 0 Å².